The quantitative estimate of drug-likeness (QED) is 0.814. The van der Waals surface area contributed by atoms with Crippen LogP contribution in [-0.4, -0.2) is 26.2 Å². The molecule has 0 aliphatic carbocycles. The van der Waals surface area contributed by atoms with E-state index in [1.54, 1.807) is 49.5 Å². The number of rotatable bonds is 6. The zero-order valence-corrected chi connectivity index (χ0v) is 13.4. The van der Waals surface area contributed by atoms with Gasteiger partial charge >= 0.3 is 0 Å². The highest BCUT2D eigenvalue weighted by Gasteiger charge is 2.07. The molecule has 0 aliphatic heterocycles. The molecular weight excluding hydrogens is 325 g/mol. The molecular formula is C16H15Cl2NO3. The summed E-state index contributed by atoms with van der Waals surface area (Å²) in [5, 5.41) is 3.47. The van der Waals surface area contributed by atoms with Crippen molar-refractivity contribution < 1.29 is 14.3 Å². The SMILES string of the molecule is CNC(=O)c1cccc(OCCOc2c(Cl)cccc2Cl)c1. The molecule has 0 bridgehead atoms. The van der Waals surface area contributed by atoms with Gasteiger partial charge in [-0.2, -0.15) is 0 Å². The Morgan fingerprint density at radius 3 is 2.36 bits per heavy atom. The summed E-state index contributed by atoms with van der Waals surface area (Å²) in [6, 6.07) is 12.1. The van der Waals surface area contributed by atoms with Crippen LogP contribution in [0.15, 0.2) is 42.5 Å². The molecule has 6 heteroatoms. The van der Waals surface area contributed by atoms with Crippen molar-refractivity contribution in [3.63, 3.8) is 0 Å². The second kappa shape index (κ2) is 7.92. The first-order valence-electron chi connectivity index (χ1n) is 6.63. The van der Waals surface area contributed by atoms with Gasteiger partial charge < -0.3 is 14.8 Å². The van der Waals surface area contributed by atoms with Gasteiger partial charge in [-0.25, -0.2) is 0 Å². The molecule has 4 nitrogen and oxygen atoms in total. The standard InChI is InChI=1S/C16H15Cl2NO3/c1-19-16(20)11-4-2-5-12(10-11)21-8-9-22-15-13(17)6-3-7-14(15)18/h2-7,10H,8-9H2,1H3,(H,19,20). The maximum atomic E-state index is 11.5. The van der Waals surface area contributed by atoms with E-state index in [1.165, 1.54) is 0 Å². The lowest BCUT2D eigenvalue weighted by Gasteiger charge is -2.11. The molecule has 0 atom stereocenters. The summed E-state index contributed by atoms with van der Waals surface area (Å²) in [5.74, 6) is 0.869. The molecule has 2 aromatic rings. The first-order valence-corrected chi connectivity index (χ1v) is 7.39. The second-order valence-electron chi connectivity index (χ2n) is 4.35. The van der Waals surface area contributed by atoms with Crippen molar-refractivity contribution in [2.45, 2.75) is 0 Å². The first kappa shape index (κ1) is 16.5. The molecule has 0 radical (unpaired) electrons. The largest absolute Gasteiger partial charge is 0.490 e. The van der Waals surface area contributed by atoms with Crippen LogP contribution in [0.5, 0.6) is 11.5 Å². The summed E-state index contributed by atoms with van der Waals surface area (Å²) in [7, 11) is 1.58. The Morgan fingerprint density at radius 1 is 1.05 bits per heavy atom. The predicted octanol–water partition coefficient (Wildman–Crippen LogP) is 3.81. The zero-order valence-electron chi connectivity index (χ0n) is 11.9. The van der Waals surface area contributed by atoms with Crippen LogP contribution >= 0.6 is 23.2 Å². The maximum Gasteiger partial charge on any atom is 0.251 e. The van der Waals surface area contributed by atoms with E-state index in [1.807, 2.05) is 0 Å². The molecule has 22 heavy (non-hydrogen) atoms. The third kappa shape index (κ3) is 4.29. The van der Waals surface area contributed by atoms with Crippen molar-refractivity contribution in [3.8, 4) is 11.5 Å². The molecule has 1 amide bonds. The van der Waals surface area contributed by atoms with Gasteiger partial charge in [0.05, 0.1) is 10.0 Å². The maximum absolute atomic E-state index is 11.5. The average molecular weight is 340 g/mol. The van der Waals surface area contributed by atoms with Gasteiger partial charge in [0.1, 0.15) is 19.0 Å². The highest BCUT2D eigenvalue weighted by atomic mass is 35.5. The predicted molar refractivity (Wildman–Crippen MR) is 87.3 cm³/mol. The Labute approximate surface area is 138 Å². The zero-order chi connectivity index (χ0) is 15.9. The molecule has 116 valence electrons. The minimum atomic E-state index is -0.162. The lowest BCUT2D eigenvalue weighted by atomic mass is 10.2. The van der Waals surface area contributed by atoms with Crippen LogP contribution in [0.1, 0.15) is 10.4 Å². The molecule has 0 saturated carbocycles. The van der Waals surface area contributed by atoms with Gasteiger partial charge in [0.2, 0.25) is 0 Å². The lowest BCUT2D eigenvalue weighted by molar-refractivity contribution is 0.0962. The summed E-state index contributed by atoms with van der Waals surface area (Å²) in [6.45, 7) is 0.590. The van der Waals surface area contributed by atoms with Crippen LogP contribution in [0, 0.1) is 0 Å². The molecule has 0 saturated heterocycles. The summed E-state index contributed by atoms with van der Waals surface area (Å²) in [5.41, 5.74) is 0.537. The fourth-order valence-corrected chi connectivity index (χ4v) is 2.30. The van der Waals surface area contributed by atoms with Crippen molar-refractivity contribution in [2.24, 2.45) is 0 Å². The van der Waals surface area contributed by atoms with Crippen LogP contribution < -0.4 is 14.8 Å². The number of ether oxygens (including phenoxy) is 2. The summed E-state index contributed by atoms with van der Waals surface area (Å²) in [6.07, 6.45) is 0. The Bertz CT molecular complexity index is 641. The van der Waals surface area contributed by atoms with Gasteiger partial charge in [0.25, 0.3) is 5.91 Å². The molecule has 2 aromatic carbocycles. The number of halogens is 2. The first-order chi connectivity index (χ1) is 10.6. The number of hydrogen-bond acceptors (Lipinski definition) is 3. The third-order valence-corrected chi connectivity index (χ3v) is 3.44. The van der Waals surface area contributed by atoms with Gasteiger partial charge in [0.15, 0.2) is 5.75 Å². The minimum absolute atomic E-state index is 0.162. The van der Waals surface area contributed by atoms with Crippen LogP contribution in [0.4, 0.5) is 0 Å². The molecule has 0 fully saturated rings. The van der Waals surface area contributed by atoms with Crippen LogP contribution in [0.2, 0.25) is 10.0 Å². The summed E-state index contributed by atoms with van der Waals surface area (Å²) in [4.78, 5) is 11.5. The van der Waals surface area contributed by atoms with Crippen molar-refractivity contribution in [1.29, 1.82) is 0 Å². The van der Waals surface area contributed by atoms with E-state index in [-0.39, 0.29) is 12.5 Å². The van der Waals surface area contributed by atoms with Gasteiger partial charge in [-0.1, -0.05) is 35.3 Å². The number of carbonyl (C=O) groups is 1. The van der Waals surface area contributed by atoms with E-state index < -0.39 is 0 Å². The fourth-order valence-electron chi connectivity index (χ4n) is 1.80. The normalized spacial score (nSPS) is 10.1. The van der Waals surface area contributed by atoms with E-state index in [0.717, 1.165) is 0 Å². The van der Waals surface area contributed by atoms with Crippen molar-refractivity contribution in [3.05, 3.63) is 58.1 Å². The summed E-state index contributed by atoms with van der Waals surface area (Å²) < 4.78 is 11.1. The Balaban J connectivity index is 1.88. The van der Waals surface area contributed by atoms with Gasteiger partial charge in [0, 0.05) is 12.6 Å². The number of carbonyl (C=O) groups excluding carboxylic acids is 1. The van der Waals surface area contributed by atoms with Crippen molar-refractivity contribution in [1.82, 2.24) is 5.32 Å². The second-order valence-corrected chi connectivity index (χ2v) is 5.17. The van der Waals surface area contributed by atoms with E-state index in [9.17, 15) is 4.79 Å². The highest BCUT2D eigenvalue weighted by molar-refractivity contribution is 6.37. The molecule has 0 aromatic heterocycles. The monoisotopic (exact) mass is 339 g/mol. The number of benzene rings is 2. The lowest BCUT2D eigenvalue weighted by Crippen LogP contribution is -2.17. The van der Waals surface area contributed by atoms with Gasteiger partial charge in [-0.05, 0) is 30.3 Å². The van der Waals surface area contributed by atoms with Crippen LogP contribution in [-0.2, 0) is 0 Å². The molecule has 0 spiro atoms. The molecule has 0 aliphatic rings. The molecule has 1 N–H and O–H groups in total. The van der Waals surface area contributed by atoms with E-state index in [0.29, 0.717) is 33.7 Å². The van der Waals surface area contributed by atoms with Crippen molar-refractivity contribution in [2.75, 3.05) is 20.3 Å². The van der Waals surface area contributed by atoms with Crippen LogP contribution in [0.3, 0.4) is 0 Å². The minimum Gasteiger partial charge on any atom is -0.490 e. The molecule has 0 unspecified atom stereocenters. The van der Waals surface area contributed by atoms with Gasteiger partial charge in [-0.15, -0.1) is 0 Å². The number of nitrogens with one attached hydrogen (secondary N) is 1. The Kier molecular flexibility index (Phi) is 5.92. The van der Waals surface area contributed by atoms with E-state index in [2.05, 4.69) is 5.32 Å². The van der Waals surface area contributed by atoms with Crippen LogP contribution in [0.25, 0.3) is 0 Å². The Hall–Kier alpha value is -1.91. The molecule has 0 heterocycles. The average Bonchev–Trinajstić information content (AvgIpc) is 2.53. The smallest absolute Gasteiger partial charge is 0.251 e. The highest BCUT2D eigenvalue weighted by Crippen LogP contribution is 2.32. The Morgan fingerprint density at radius 2 is 1.68 bits per heavy atom. The van der Waals surface area contributed by atoms with E-state index in [4.69, 9.17) is 32.7 Å². The third-order valence-electron chi connectivity index (χ3n) is 2.84. The summed E-state index contributed by atoms with van der Waals surface area (Å²) >= 11 is 12.0. The van der Waals surface area contributed by atoms with Gasteiger partial charge in [-0.3, -0.25) is 4.79 Å². The number of para-hydroxylation sites is 1. The van der Waals surface area contributed by atoms with E-state index >= 15 is 0 Å². The number of hydrogen-bond donors (Lipinski definition) is 1. The number of amides is 1. The topological polar surface area (TPSA) is 47.6 Å². The molecule has 2 rings (SSSR count). The fraction of sp³-hybridized carbons (Fsp3) is 0.188. The van der Waals surface area contributed by atoms with Crippen molar-refractivity contribution >= 4 is 29.1 Å².